The summed E-state index contributed by atoms with van der Waals surface area (Å²) in [5, 5.41) is 41.8. The summed E-state index contributed by atoms with van der Waals surface area (Å²) in [5.74, 6) is -4.36. The minimum atomic E-state index is -1.10. The summed E-state index contributed by atoms with van der Waals surface area (Å²) >= 11 is 0. The molecule has 0 aromatic carbocycles. The zero-order valence-corrected chi connectivity index (χ0v) is 35.0. The van der Waals surface area contributed by atoms with Crippen molar-refractivity contribution >= 4 is 17.9 Å². The van der Waals surface area contributed by atoms with Crippen molar-refractivity contribution in [2.75, 3.05) is 6.61 Å². The van der Waals surface area contributed by atoms with Crippen molar-refractivity contribution in [3.05, 3.63) is 20.2 Å². The Kier molecular flexibility index (Phi) is 16.0. The normalized spacial score (nSPS) is 38.5. The molecule has 16 heteroatoms. The molecule has 0 amide bonds. The van der Waals surface area contributed by atoms with Gasteiger partial charge in [-0.15, -0.1) is 0 Å². The molecule has 0 aliphatic heterocycles. The largest absolute Gasteiger partial charge is 0.481 e. The topological polar surface area (TPSA) is 224 Å². The third-order valence-corrected chi connectivity index (χ3v) is 15.5. The molecular formula is C43H68N2O14. The number of carboxylic acid groups (broad SMARTS) is 2. The molecule has 2 N–H and O–H groups in total. The lowest BCUT2D eigenvalue weighted by molar-refractivity contribution is -0.529. The molecule has 6 atom stereocenters. The summed E-state index contributed by atoms with van der Waals surface area (Å²) in [7, 11) is 0. The maximum atomic E-state index is 13.0. The maximum absolute atomic E-state index is 13.0. The molecule has 0 bridgehead atoms. The molecule has 6 unspecified atom stereocenters. The van der Waals surface area contributed by atoms with Crippen molar-refractivity contribution in [2.24, 2.45) is 40.9 Å². The first kappa shape index (κ1) is 45.6. The van der Waals surface area contributed by atoms with Gasteiger partial charge in [0.05, 0.1) is 54.9 Å². The molecule has 0 radical (unpaired) electrons. The van der Waals surface area contributed by atoms with Crippen LogP contribution in [0.1, 0.15) is 155 Å². The summed E-state index contributed by atoms with van der Waals surface area (Å²) in [4.78, 5) is 69.6. The van der Waals surface area contributed by atoms with E-state index in [1.807, 2.05) is 0 Å². The van der Waals surface area contributed by atoms with Gasteiger partial charge in [0.15, 0.2) is 0 Å². The van der Waals surface area contributed by atoms with E-state index >= 15 is 0 Å². The van der Waals surface area contributed by atoms with Gasteiger partial charge in [0.1, 0.15) is 6.10 Å². The zero-order valence-electron chi connectivity index (χ0n) is 35.0. The molecule has 59 heavy (non-hydrogen) atoms. The molecular weight excluding hydrogens is 768 g/mol. The van der Waals surface area contributed by atoms with E-state index < -0.39 is 58.6 Å². The van der Waals surface area contributed by atoms with Crippen LogP contribution in [0.25, 0.3) is 0 Å². The first-order valence-electron chi connectivity index (χ1n) is 22.7. The lowest BCUT2D eigenvalue weighted by atomic mass is 9.60. The molecule has 6 fully saturated rings. The van der Waals surface area contributed by atoms with E-state index in [0.717, 1.165) is 89.9 Å². The van der Waals surface area contributed by atoms with Crippen LogP contribution < -0.4 is 0 Å². The first-order chi connectivity index (χ1) is 28.2. The highest BCUT2D eigenvalue weighted by Gasteiger charge is 2.46. The quantitative estimate of drug-likeness (QED) is 0.0662. The van der Waals surface area contributed by atoms with Gasteiger partial charge in [0, 0.05) is 41.4 Å². The number of rotatable bonds is 16. The van der Waals surface area contributed by atoms with Gasteiger partial charge in [0.2, 0.25) is 12.1 Å². The summed E-state index contributed by atoms with van der Waals surface area (Å²) in [6.07, 6.45) is 16.4. The fraction of sp³-hybridized carbons (Fsp3) is 0.930. The SMILES string of the molecule is CC(C)(C1CCC(OC2CCC(OOCC3CC([N+](=O)[O-])CCC3C(=O)O)CC2)CC1)C1CCC(OC2CCC(OC(=O)C3CC([N+](=O)[O-])CCC3C(=O)O)CC2)CC1. The molecule has 334 valence electrons. The molecule has 0 saturated heterocycles. The van der Waals surface area contributed by atoms with Crippen molar-refractivity contribution in [3.8, 4) is 0 Å². The number of nitro groups is 2. The Morgan fingerprint density at radius 3 is 1.41 bits per heavy atom. The van der Waals surface area contributed by atoms with Crippen LogP contribution in [0, 0.1) is 61.2 Å². The number of nitrogens with zero attached hydrogens (tertiary/aromatic N) is 2. The summed E-state index contributed by atoms with van der Waals surface area (Å²) in [5.41, 5.74) is 0.233. The van der Waals surface area contributed by atoms with Gasteiger partial charge in [-0.1, -0.05) is 13.8 Å². The molecule has 16 nitrogen and oxygen atoms in total. The number of carbonyl (C=O) groups excluding carboxylic acids is 1. The van der Waals surface area contributed by atoms with Gasteiger partial charge >= 0.3 is 17.9 Å². The maximum Gasteiger partial charge on any atom is 0.310 e. The van der Waals surface area contributed by atoms with E-state index in [1.165, 1.54) is 0 Å². The summed E-state index contributed by atoms with van der Waals surface area (Å²) in [6.45, 7) is 4.96. The predicted octanol–water partition coefficient (Wildman–Crippen LogP) is 7.57. The summed E-state index contributed by atoms with van der Waals surface area (Å²) < 4.78 is 19.0. The van der Waals surface area contributed by atoms with Gasteiger partial charge in [-0.2, -0.15) is 0 Å². The molecule has 0 aromatic heterocycles. The van der Waals surface area contributed by atoms with Gasteiger partial charge < -0.3 is 24.4 Å². The molecule has 6 aliphatic carbocycles. The van der Waals surface area contributed by atoms with Gasteiger partial charge in [-0.05, 0) is 133 Å². The van der Waals surface area contributed by atoms with Crippen molar-refractivity contribution in [2.45, 2.75) is 204 Å². The number of ether oxygens (including phenoxy) is 3. The van der Waals surface area contributed by atoms with Gasteiger partial charge in [0.25, 0.3) is 0 Å². The zero-order chi connectivity index (χ0) is 42.3. The molecule has 6 rings (SSSR count). The Morgan fingerprint density at radius 1 is 0.542 bits per heavy atom. The van der Waals surface area contributed by atoms with Crippen molar-refractivity contribution in [1.82, 2.24) is 0 Å². The second-order valence-corrected chi connectivity index (χ2v) is 19.4. The van der Waals surface area contributed by atoms with Crippen LogP contribution in [-0.2, 0) is 38.4 Å². The highest BCUT2D eigenvalue weighted by Crippen LogP contribution is 2.49. The Hall–Kier alpha value is -2.95. The minimum Gasteiger partial charge on any atom is -0.481 e. The smallest absolute Gasteiger partial charge is 0.310 e. The fourth-order valence-corrected chi connectivity index (χ4v) is 11.6. The minimum absolute atomic E-state index is 0.0518. The molecule has 6 saturated carbocycles. The second-order valence-electron chi connectivity index (χ2n) is 19.4. The monoisotopic (exact) mass is 836 g/mol. The van der Waals surface area contributed by atoms with Crippen molar-refractivity contribution < 1.29 is 58.4 Å². The average Bonchev–Trinajstić information content (AvgIpc) is 3.22. The lowest BCUT2D eigenvalue weighted by Crippen LogP contribution is -2.42. The van der Waals surface area contributed by atoms with Crippen LogP contribution in [0.4, 0.5) is 0 Å². The highest BCUT2D eigenvalue weighted by molar-refractivity contribution is 5.81. The highest BCUT2D eigenvalue weighted by atomic mass is 17.2. The lowest BCUT2D eigenvalue weighted by Gasteiger charge is -2.47. The van der Waals surface area contributed by atoms with Crippen LogP contribution in [0.2, 0.25) is 0 Å². The predicted molar refractivity (Wildman–Crippen MR) is 211 cm³/mol. The Balaban J connectivity index is 0.834. The first-order valence-corrected chi connectivity index (χ1v) is 22.7. The van der Waals surface area contributed by atoms with Crippen molar-refractivity contribution in [3.63, 3.8) is 0 Å². The van der Waals surface area contributed by atoms with Crippen LogP contribution in [-0.4, -0.2) is 93.3 Å². The van der Waals surface area contributed by atoms with Crippen LogP contribution in [0.15, 0.2) is 0 Å². The van der Waals surface area contributed by atoms with Gasteiger partial charge in [-0.25, -0.2) is 9.78 Å². The number of hydrogen-bond donors (Lipinski definition) is 2. The molecule has 0 spiro atoms. The third-order valence-electron chi connectivity index (χ3n) is 15.5. The number of hydrogen-bond acceptors (Lipinski definition) is 12. The van der Waals surface area contributed by atoms with Crippen LogP contribution >= 0.6 is 0 Å². The Bertz CT molecular complexity index is 1430. The van der Waals surface area contributed by atoms with E-state index in [9.17, 15) is 44.8 Å². The van der Waals surface area contributed by atoms with E-state index in [0.29, 0.717) is 24.7 Å². The van der Waals surface area contributed by atoms with Crippen LogP contribution in [0.5, 0.6) is 0 Å². The number of esters is 1. The van der Waals surface area contributed by atoms with Gasteiger partial charge in [-0.3, -0.25) is 34.6 Å². The fourth-order valence-electron chi connectivity index (χ4n) is 11.6. The molecule has 6 aliphatic rings. The third kappa shape index (κ3) is 12.1. The number of carboxylic acids is 2. The molecule has 0 heterocycles. The second kappa shape index (κ2) is 20.7. The van der Waals surface area contributed by atoms with E-state index in [2.05, 4.69) is 13.8 Å². The van der Waals surface area contributed by atoms with E-state index in [4.69, 9.17) is 24.0 Å². The molecule has 0 aromatic rings. The average molecular weight is 837 g/mol. The van der Waals surface area contributed by atoms with Crippen molar-refractivity contribution in [1.29, 1.82) is 0 Å². The summed E-state index contributed by atoms with van der Waals surface area (Å²) in [6, 6.07) is -1.64. The van der Waals surface area contributed by atoms with E-state index in [1.54, 1.807) is 0 Å². The van der Waals surface area contributed by atoms with E-state index in [-0.39, 0.29) is 92.1 Å². The number of carbonyl (C=O) groups is 3. The number of aliphatic carboxylic acids is 2. The van der Waals surface area contributed by atoms with Crippen LogP contribution in [0.3, 0.4) is 0 Å². The standard InChI is InChI=1S/C43H68N2O14/c1-43(2,27-3-9-31(10-4-27)56-33-13-15-35(16-14-33)58-42(50)39-24-30(45(53)54)8-22-38(39)41(48)49)28-5-11-32(12-6-28)57-34-17-19-36(20-18-34)59-55-25-26-23-29(44(51)52)7-21-37(26)40(46)47/h26-39H,3-25H2,1-2H3,(H,46,47)(H,48,49). The Morgan fingerprint density at radius 2 is 0.949 bits per heavy atom. The Labute approximate surface area is 347 Å².